The van der Waals surface area contributed by atoms with Crippen LogP contribution in [0, 0.1) is 0 Å². The minimum atomic E-state index is -1.49. The molecule has 0 unspecified atom stereocenters. The molecule has 0 radical (unpaired) electrons. The molecule has 88 valence electrons. The summed E-state index contributed by atoms with van der Waals surface area (Å²) in [4.78, 5) is 22.4. The predicted octanol–water partition coefficient (Wildman–Crippen LogP) is 2.08. The lowest BCUT2D eigenvalue weighted by atomic mass is 10.2. The highest BCUT2D eigenvalue weighted by Crippen LogP contribution is 2.15. The first kappa shape index (κ1) is 11.2. The molecular weight excluding hydrogens is 222 g/mol. The topological polar surface area (TPSA) is 68.5 Å². The number of benzene rings is 1. The Morgan fingerprint density at radius 3 is 2.76 bits per heavy atom. The van der Waals surface area contributed by atoms with E-state index in [1.807, 2.05) is 19.1 Å². The molecular formula is C12H11NO4. The van der Waals surface area contributed by atoms with Gasteiger partial charge in [0.15, 0.2) is 5.75 Å². The highest BCUT2D eigenvalue weighted by molar-refractivity contribution is 5.80. The number of hydrogen-bond acceptors (Lipinski definition) is 3. The first-order chi connectivity index (χ1) is 8.13. The van der Waals surface area contributed by atoms with E-state index in [2.05, 4.69) is 4.74 Å². The van der Waals surface area contributed by atoms with Crippen LogP contribution in [0.1, 0.15) is 6.92 Å². The Morgan fingerprint density at radius 2 is 2.12 bits per heavy atom. The van der Waals surface area contributed by atoms with Crippen molar-refractivity contribution in [3.63, 3.8) is 0 Å². The van der Waals surface area contributed by atoms with Gasteiger partial charge < -0.3 is 14.4 Å². The van der Waals surface area contributed by atoms with Crippen molar-refractivity contribution >= 4 is 17.1 Å². The van der Waals surface area contributed by atoms with Crippen LogP contribution < -0.4 is 10.2 Å². The van der Waals surface area contributed by atoms with Crippen LogP contribution in [0.15, 0.2) is 35.3 Å². The molecule has 0 spiro atoms. The average molecular weight is 233 g/mol. The predicted molar refractivity (Wildman–Crippen MR) is 62.5 cm³/mol. The molecule has 0 saturated carbocycles. The molecule has 1 N–H and O–H groups in total. The van der Waals surface area contributed by atoms with Gasteiger partial charge in [-0.05, 0) is 19.1 Å². The van der Waals surface area contributed by atoms with Gasteiger partial charge in [-0.15, -0.1) is 0 Å². The van der Waals surface area contributed by atoms with E-state index in [4.69, 9.17) is 5.11 Å². The second kappa shape index (κ2) is 4.29. The summed E-state index contributed by atoms with van der Waals surface area (Å²) in [7, 11) is 0. The molecule has 0 atom stereocenters. The summed E-state index contributed by atoms with van der Waals surface area (Å²) in [6.45, 7) is 2.53. The zero-order chi connectivity index (χ0) is 12.4. The Bertz CT molecular complexity index is 630. The van der Waals surface area contributed by atoms with Crippen molar-refractivity contribution in [2.75, 3.05) is 0 Å². The third-order valence-corrected chi connectivity index (χ3v) is 2.49. The van der Waals surface area contributed by atoms with E-state index in [0.29, 0.717) is 11.9 Å². The largest absolute Gasteiger partial charge is 0.511 e. The number of carbonyl (C=O) groups is 1. The summed E-state index contributed by atoms with van der Waals surface area (Å²) in [5.74, 6) is -0.168. The first-order valence-corrected chi connectivity index (χ1v) is 5.16. The maximum Gasteiger partial charge on any atom is 0.511 e. The Morgan fingerprint density at radius 1 is 1.41 bits per heavy atom. The SMILES string of the molecule is CCn1cc(OC(=O)O)c(=O)c2ccccc21. The Hall–Kier alpha value is -2.30. The third-order valence-electron chi connectivity index (χ3n) is 2.49. The van der Waals surface area contributed by atoms with Gasteiger partial charge in [0.2, 0.25) is 5.43 Å². The quantitative estimate of drug-likeness (QED) is 0.806. The van der Waals surface area contributed by atoms with Gasteiger partial charge in [-0.1, -0.05) is 12.1 Å². The molecule has 2 aromatic rings. The number of aryl methyl sites for hydroxylation is 1. The smallest absolute Gasteiger partial charge is 0.449 e. The van der Waals surface area contributed by atoms with Crippen LogP contribution in [0.2, 0.25) is 0 Å². The van der Waals surface area contributed by atoms with Crippen LogP contribution >= 0.6 is 0 Å². The van der Waals surface area contributed by atoms with Crippen LogP contribution in [0.3, 0.4) is 0 Å². The molecule has 1 heterocycles. The van der Waals surface area contributed by atoms with E-state index in [-0.39, 0.29) is 5.75 Å². The normalized spacial score (nSPS) is 10.4. The number of carboxylic acid groups (broad SMARTS) is 1. The van der Waals surface area contributed by atoms with Crippen LogP contribution in [0.5, 0.6) is 5.75 Å². The molecule has 0 aliphatic carbocycles. The number of pyridine rings is 1. The molecule has 0 amide bonds. The summed E-state index contributed by atoms with van der Waals surface area (Å²) >= 11 is 0. The Labute approximate surface area is 96.9 Å². The molecule has 5 nitrogen and oxygen atoms in total. The number of hydrogen-bond donors (Lipinski definition) is 1. The van der Waals surface area contributed by atoms with Gasteiger partial charge in [-0.3, -0.25) is 4.79 Å². The molecule has 1 aromatic carbocycles. The lowest BCUT2D eigenvalue weighted by Gasteiger charge is -2.10. The van der Waals surface area contributed by atoms with Crippen LogP contribution in [-0.2, 0) is 6.54 Å². The zero-order valence-electron chi connectivity index (χ0n) is 9.21. The fourth-order valence-electron chi connectivity index (χ4n) is 1.75. The monoisotopic (exact) mass is 233 g/mol. The van der Waals surface area contributed by atoms with Crippen molar-refractivity contribution < 1.29 is 14.6 Å². The van der Waals surface area contributed by atoms with Gasteiger partial charge in [0.1, 0.15) is 0 Å². The number of nitrogens with zero attached hydrogens (tertiary/aromatic N) is 1. The molecule has 2 rings (SSSR count). The average Bonchev–Trinajstić information content (AvgIpc) is 2.32. The van der Waals surface area contributed by atoms with Crippen LogP contribution in [0.25, 0.3) is 10.9 Å². The number of para-hydroxylation sites is 1. The first-order valence-electron chi connectivity index (χ1n) is 5.16. The molecule has 0 bridgehead atoms. The zero-order valence-corrected chi connectivity index (χ0v) is 9.21. The van der Waals surface area contributed by atoms with Gasteiger partial charge in [0.05, 0.1) is 11.7 Å². The fourth-order valence-corrected chi connectivity index (χ4v) is 1.75. The fraction of sp³-hybridized carbons (Fsp3) is 0.167. The van der Waals surface area contributed by atoms with Crippen molar-refractivity contribution in [1.82, 2.24) is 4.57 Å². The van der Waals surface area contributed by atoms with E-state index < -0.39 is 11.6 Å². The Kier molecular flexibility index (Phi) is 2.82. The van der Waals surface area contributed by atoms with Crippen LogP contribution in [-0.4, -0.2) is 15.8 Å². The molecule has 1 aromatic heterocycles. The van der Waals surface area contributed by atoms with Gasteiger partial charge in [0.25, 0.3) is 0 Å². The maximum absolute atomic E-state index is 11.9. The minimum Gasteiger partial charge on any atom is -0.449 e. The highest BCUT2D eigenvalue weighted by atomic mass is 16.7. The number of ether oxygens (including phenoxy) is 1. The summed E-state index contributed by atoms with van der Waals surface area (Å²) in [5.41, 5.74) is 0.352. The summed E-state index contributed by atoms with van der Waals surface area (Å²) in [6.07, 6.45) is -0.0706. The Balaban J connectivity index is 2.76. The number of rotatable bonds is 2. The van der Waals surface area contributed by atoms with Crippen molar-refractivity contribution in [3.05, 3.63) is 40.7 Å². The lowest BCUT2D eigenvalue weighted by molar-refractivity contribution is 0.144. The second-order valence-corrected chi connectivity index (χ2v) is 3.49. The number of fused-ring (bicyclic) bond motifs is 1. The molecule has 5 heteroatoms. The molecule has 0 fully saturated rings. The highest BCUT2D eigenvalue weighted by Gasteiger charge is 2.11. The van der Waals surface area contributed by atoms with E-state index in [1.54, 1.807) is 16.7 Å². The van der Waals surface area contributed by atoms with Crippen molar-refractivity contribution in [2.24, 2.45) is 0 Å². The summed E-state index contributed by atoms with van der Waals surface area (Å²) < 4.78 is 6.25. The maximum atomic E-state index is 11.9. The van der Waals surface area contributed by atoms with Gasteiger partial charge in [-0.2, -0.15) is 0 Å². The van der Waals surface area contributed by atoms with Crippen LogP contribution in [0.4, 0.5) is 4.79 Å². The van der Waals surface area contributed by atoms with Crippen molar-refractivity contribution in [1.29, 1.82) is 0 Å². The van der Waals surface area contributed by atoms with Gasteiger partial charge in [0, 0.05) is 11.9 Å². The number of aromatic nitrogens is 1. The standard InChI is InChI=1S/C12H11NO4/c1-2-13-7-10(17-12(15)16)11(14)8-5-3-4-6-9(8)13/h3-7H,2H2,1H3,(H,15,16). The summed E-state index contributed by atoms with van der Waals surface area (Å²) in [6, 6.07) is 7.02. The van der Waals surface area contributed by atoms with Gasteiger partial charge >= 0.3 is 6.16 Å². The minimum absolute atomic E-state index is 0.168. The second-order valence-electron chi connectivity index (χ2n) is 3.49. The molecule has 17 heavy (non-hydrogen) atoms. The van der Waals surface area contributed by atoms with Gasteiger partial charge in [-0.25, -0.2) is 4.79 Å². The van der Waals surface area contributed by atoms with Crippen molar-refractivity contribution in [2.45, 2.75) is 13.5 Å². The molecule has 0 aliphatic rings. The van der Waals surface area contributed by atoms with E-state index in [1.165, 1.54) is 6.20 Å². The third kappa shape index (κ3) is 1.99. The van der Waals surface area contributed by atoms with E-state index >= 15 is 0 Å². The lowest BCUT2D eigenvalue weighted by Crippen LogP contribution is -2.15. The van der Waals surface area contributed by atoms with E-state index in [0.717, 1.165) is 5.52 Å². The molecule has 0 aliphatic heterocycles. The molecule has 0 saturated heterocycles. The van der Waals surface area contributed by atoms with Crippen molar-refractivity contribution in [3.8, 4) is 5.75 Å². The summed E-state index contributed by atoms with van der Waals surface area (Å²) in [5, 5.41) is 9.01. The van der Waals surface area contributed by atoms with E-state index in [9.17, 15) is 9.59 Å².